The quantitative estimate of drug-likeness (QED) is 0.0479. The summed E-state index contributed by atoms with van der Waals surface area (Å²) in [5, 5.41) is 55.3. The standard InChI is InChI=1S/C35H43N11O14/c1-46(15-17-14-38-29-27(39-17)28(36)44-35(37)45-29)18-4-2-16(3-5-18)30(52)43-22(34(59)60)8-12-25(49)41-20(32(55)56)6-10-23(47)40-19(31(53)54)7-11-24(48)42-21(33(57)58)9-13-26(50)51/h2-5,14,19-22H,6-13,15H2,1H3,(H,40,47)(H,41,49)(H,42,48)(H,43,52)(H,50,51)(H,53,54)(H,55,56)(H,57,58)(H,59,60)(H4,36,37,38,44,45)/t19-,20-,21-,22-/m0/s1. The first kappa shape index (κ1) is 46.7. The van der Waals surface area contributed by atoms with Crippen molar-refractivity contribution in [2.24, 2.45) is 0 Å². The van der Waals surface area contributed by atoms with Crippen molar-refractivity contribution in [2.75, 3.05) is 23.4 Å². The van der Waals surface area contributed by atoms with Crippen LogP contribution in [0.15, 0.2) is 30.5 Å². The molecule has 25 nitrogen and oxygen atoms in total. The summed E-state index contributed by atoms with van der Waals surface area (Å²) in [5.41, 5.74) is 13.3. The van der Waals surface area contributed by atoms with Crippen molar-refractivity contribution in [3.8, 4) is 0 Å². The lowest BCUT2D eigenvalue weighted by Gasteiger charge is -2.20. The topological polar surface area (TPSA) is 410 Å². The number of nitrogens with zero attached hydrogens (tertiary/aromatic N) is 5. The number of hydrogen-bond acceptors (Lipinski definition) is 16. The first-order chi connectivity index (χ1) is 28.2. The van der Waals surface area contributed by atoms with Crippen LogP contribution in [-0.2, 0) is 44.9 Å². The Morgan fingerprint density at radius 2 is 1.05 bits per heavy atom. The lowest BCUT2D eigenvalue weighted by atomic mass is 10.1. The highest BCUT2D eigenvalue weighted by atomic mass is 16.4. The number of carboxylic acid groups (broad SMARTS) is 5. The lowest BCUT2D eigenvalue weighted by molar-refractivity contribution is -0.144. The number of carbonyl (C=O) groups excluding carboxylic acids is 4. The van der Waals surface area contributed by atoms with Gasteiger partial charge in [0, 0.05) is 44.0 Å². The van der Waals surface area contributed by atoms with E-state index in [0.29, 0.717) is 11.4 Å². The van der Waals surface area contributed by atoms with E-state index in [9.17, 15) is 58.5 Å². The molecule has 13 N–H and O–H groups in total. The second-order valence-corrected chi connectivity index (χ2v) is 13.2. The number of aromatic nitrogens is 4. The van der Waals surface area contributed by atoms with Gasteiger partial charge in [0.15, 0.2) is 17.0 Å². The minimum absolute atomic E-state index is 0.0424. The average molecular weight is 842 g/mol. The number of nitrogens with two attached hydrogens (primary N) is 2. The van der Waals surface area contributed by atoms with Gasteiger partial charge in [0.25, 0.3) is 5.91 Å². The van der Waals surface area contributed by atoms with Crippen LogP contribution in [0.3, 0.4) is 0 Å². The molecule has 0 bridgehead atoms. The first-order valence-electron chi connectivity index (χ1n) is 17.9. The normalized spacial score (nSPS) is 12.8. The van der Waals surface area contributed by atoms with Crippen LogP contribution in [0.4, 0.5) is 17.5 Å². The van der Waals surface area contributed by atoms with E-state index in [-0.39, 0.29) is 35.0 Å². The molecule has 3 aromatic rings. The Morgan fingerprint density at radius 3 is 1.48 bits per heavy atom. The van der Waals surface area contributed by atoms with Crippen molar-refractivity contribution in [3.63, 3.8) is 0 Å². The Balaban J connectivity index is 1.48. The highest BCUT2D eigenvalue weighted by molar-refractivity contribution is 5.97. The van der Waals surface area contributed by atoms with Crippen LogP contribution in [0, 0.1) is 0 Å². The number of carboxylic acids is 5. The minimum Gasteiger partial charge on any atom is -0.481 e. The number of nitrogens with one attached hydrogen (secondary N) is 4. The number of benzene rings is 1. The van der Waals surface area contributed by atoms with E-state index in [2.05, 4.69) is 41.2 Å². The Labute approximate surface area is 339 Å². The van der Waals surface area contributed by atoms with Crippen LogP contribution in [-0.4, -0.2) is 130 Å². The zero-order chi connectivity index (χ0) is 44.7. The maximum atomic E-state index is 12.9. The Hall–Kier alpha value is -7.73. The molecule has 4 atom stereocenters. The van der Waals surface area contributed by atoms with E-state index < -0.39 is 129 Å². The summed E-state index contributed by atoms with van der Waals surface area (Å²) in [6.45, 7) is 0.268. The fourth-order valence-electron chi connectivity index (χ4n) is 5.43. The van der Waals surface area contributed by atoms with Crippen molar-refractivity contribution in [1.29, 1.82) is 0 Å². The molecule has 4 amide bonds. The predicted octanol–water partition coefficient (Wildman–Crippen LogP) is -1.68. The summed E-state index contributed by atoms with van der Waals surface area (Å²) in [6.07, 6.45) is -2.70. The summed E-state index contributed by atoms with van der Waals surface area (Å²) >= 11 is 0. The largest absolute Gasteiger partial charge is 0.481 e. The van der Waals surface area contributed by atoms with E-state index in [1.54, 1.807) is 24.1 Å². The molecule has 0 unspecified atom stereocenters. The average Bonchev–Trinajstić information content (AvgIpc) is 3.17. The van der Waals surface area contributed by atoms with E-state index in [1.165, 1.54) is 18.3 Å². The minimum atomic E-state index is -1.66. The number of hydrogen-bond donors (Lipinski definition) is 11. The summed E-state index contributed by atoms with van der Waals surface area (Å²) < 4.78 is 0. The molecule has 2 heterocycles. The lowest BCUT2D eigenvalue weighted by Crippen LogP contribution is -2.45. The van der Waals surface area contributed by atoms with Crippen molar-refractivity contribution in [3.05, 3.63) is 41.7 Å². The molecule has 0 saturated heterocycles. The van der Waals surface area contributed by atoms with Gasteiger partial charge in [-0.25, -0.2) is 29.1 Å². The molecule has 3 rings (SSSR count). The van der Waals surface area contributed by atoms with Gasteiger partial charge in [-0.2, -0.15) is 9.97 Å². The van der Waals surface area contributed by atoms with E-state index in [4.69, 9.17) is 21.7 Å². The molecule has 60 heavy (non-hydrogen) atoms. The molecule has 1 aromatic carbocycles. The smallest absolute Gasteiger partial charge is 0.326 e. The highest BCUT2D eigenvalue weighted by Crippen LogP contribution is 2.19. The molecule has 322 valence electrons. The van der Waals surface area contributed by atoms with Gasteiger partial charge in [-0.15, -0.1) is 0 Å². The maximum Gasteiger partial charge on any atom is 0.326 e. The summed E-state index contributed by atoms with van der Waals surface area (Å²) in [7, 11) is 1.75. The third kappa shape index (κ3) is 14.6. The zero-order valence-electron chi connectivity index (χ0n) is 31.9. The predicted molar refractivity (Wildman–Crippen MR) is 205 cm³/mol. The monoisotopic (exact) mass is 841 g/mol. The van der Waals surface area contributed by atoms with Crippen LogP contribution in [0.25, 0.3) is 11.2 Å². The highest BCUT2D eigenvalue weighted by Gasteiger charge is 2.27. The first-order valence-corrected chi connectivity index (χ1v) is 17.9. The third-order valence-electron chi connectivity index (χ3n) is 8.60. The van der Waals surface area contributed by atoms with Gasteiger partial charge in [-0.1, -0.05) is 0 Å². The molecule has 0 aliphatic rings. The van der Waals surface area contributed by atoms with Gasteiger partial charge in [-0.05, 0) is 49.9 Å². The number of carbonyl (C=O) groups is 9. The number of fused-ring (bicyclic) bond motifs is 1. The van der Waals surface area contributed by atoms with E-state index in [0.717, 1.165) is 0 Å². The third-order valence-corrected chi connectivity index (χ3v) is 8.60. The molecule has 0 fully saturated rings. The van der Waals surface area contributed by atoms with Gasteiger partial charge in [-0.3, -0.25) is 24.0 Å². The number of aliphatic carboxylic acids is 5. The second-order valence-electron chi connectivity index (χ2n) is 13.2. The van der Waals surface area contributed by atoms with Gasteiger partial charge in [0.05, 0.1) is 18.4 Å². The van der Waals surface area contributed by atoms with Crippen LogP contribution in [0.1, 0.15) is 67.4 Å². The molecule has 0 aliphatic carbocycles. The Morgan fingerprint density at radius 1 is 0.617 bits per heavy atom. The zero-order valence-corrected chi connectivity index (χ0v) is 31.9. The van der Waals surface area contributed by atoms with Crippen LogP contribution >= 0.6 is 0 Å². The molecule has 0 spiro atoms. The summed E-state index contributed by atoms with van der Waals surface area (Å²) in [5.74, 6) is -11.0. The second kappa shape index (κ2) is 21.7. The van der Waals surface area contributed by atoms with Gasteiger partial charge >= 0.3 is 29.8 Å². The fraction of sp³-hybridized carbons (Fsp3) is 0.400. The van der Waals surface area contributed by atoms with E-state index >= 15 is 0 Å². The summed E-state index contributed by atoms with van der Waals surface area (Å²) in [6, 6.07) is -0.332. The van der Waals surface area contributed by atoms with Crippen LogP contribution in [0.5, 0.6) is 0 Å². The molecule has 0 radical (unpaired) electrons. The van der Waals surface area contributed by atoms with Crippen molar-refractivity contribution < 1.29 is 68.7 Å². The molecule has 2 aromatic heterocycles. The van der Waals surface area contributed by atoms with Crippen molar-refractivity contribution in [2.45, 2.75) is 82.1 Å². The van der Waals surface area contributed by atoms with E-state index in [1.807, 2.05) is 0 Å². The SMILES string of the molecule is CN(Cc1cnc2nc(N)nc(N)c2n1)c1ccc(C(=O)N[C@@H](CCC(=O)N[C@@H](CCC(=O)N[C@@H](CCC(=O)N[C@@H](CCC(=O)O)C(=O)O)C(=O)O)C(=O)O)C(=O)O)cc1. The molecule has 0 saturated carbocycles. The number of amides is 4. The van der Waals surface area contributed by atoms with Gasteiger partial charge in [0.2, 0.25) is 23.7 Å². The van der Waals surface area contributed by atoms with Gasteiger partial charge in [0.1, 0.15) is 24.2 Å². The molecular weight excluding hydrogens is 798 g/mol. The fourth-order valence-corrected chi connectivity index (χ4v) is 5.43. The van der Waals surface area contributed by atoms with Crippen molar-refractivity contribution in [1.82, 2.24) is 41.2 Å². The van der Waals surface area contributed by atoms with Crippen LogP contribution < -0.4 is 37.6 Å². The number of anilines is 3. The number of rotatable bonds is 24. The molecular formula is C35H43N11O14. The maximum absolute atomic E-state index is 12.9. The van der Waals surface area contributed by atoms with Crippen molar-refractivity contribution >= 4 is 82.1 Å². The summed E-state index contributed by atoms with van der Waals surface area (Å²) in [4.78, 5) is 126. The Kier molecular flexibility index (Phi) is 16.9. The molecule has 25 heteroatoms. The number of nitrogen functional groups attached to an aromatic ring is 2. The van der Waals surface area contributed by atoms with Gasteiger partial charge < -0.3 is 63.2 Å². The van der Waals surface area contributed by atoms with Crippen LogP contribution in [0.2, 0.25) is 0 Å². The molecule has 0 aliphatic heterocycles. The Bertz CT molecular complexity index is 2120.